The van der Waals surface area contributed by atoms with Crippen molar-refractivity contribution in [1.29, 1.82) is 5.26 Å². The number of nitrogens with zero attached hydrogens (tertiary/aromatic N) is 1. The second-order valence-electron chi connectivity index (χ2n) is 5.45. The molecule has 0 aliphatic rings. The maximum Gasteiger partial charge on any atom is 0.336 e. The molecule has 21 heavy (non-hydrogen) atoms. The molecule has 0 fully saturated rings. The average molecular weight is 372 g/mol. The highest BCUT2D eigenvalue weighted by Gasteiger charge is 2.16. The number of aromatic carboxylic acids is 1. The minimum absolute atomic E-state index is 0.117. The molecule has 114 valence electrons. The molecule has 1 aromatic carbocycles. The maximum absolute atomic E-state index is 12.2. The summed E-state index contributed by atoms with van der Waals surface area (Å²) in [4.78, 5) is 11.6. The summed E-state index contributed by atoms with van der Waals surface area (Å²) >= 11 is 3.16. The maximum atomic E-state index is 12.2. The van der Waals surface area contributed by atoms with Gasteiger partial charge in [0.25, 0.3) is 0 Å². The molecule has 0 heterocycles. The van der Waals surface area contributed by atoms with Crippen LogP contribution in [-0.2, 0) is 10.8 Å². The number of carbonyl (C=O) groups is 1. The molecule has 0 spiro atoms. The number of carboxylic acids is 1. The van der Waals surface area contributed by atoms with Gasteiger partial charge in [-0.1, -0.05) is 6.42 Å². The summed E-state index contributed by atoms with van der Waals surface area (Å²) in [6.07, 6.45) is 2.34. The van der Waals surface area contributed by atoms with Gasteiger partial charge >= 0.3 is 5.97 Å². The van der Waals surface area contributed by atoms with Gasteiger partial charge in [0.2, 0.25) is 0 Å². The fraction of sp³-hybridized carbons (Fsp3) is 0.467. The predicted octanol–water partition coefficient (Wildman–Crippen LogP) is 3.97. The van der Waals surface area contributed by atoms with Gasteiger partial charge in [0, 0.05) is 15.1 Å². The highest BCUT2D eigenvalue weighted by molar-refractivity contribution is 9.10. The molecule has 0 saturated carbocycles. The standard InChI is InChI=1S/C15H18BrNO3S/c1-15(2,10-17)7-3-4-8-21(20)11-5-6-13(16)12(9-11)14(18)19/h5-6,9H,3-4,7-8H2,1-2H3,(H,18,19). The van der Waals surface area contributed by atoms with Gasteiger partial charge in [-0.15, -0.1) is 0 Å². The van der Waals surface area contributed by atoms with Crippen molar-refractivity contribution in [2.75, 3.05) is 5.75 Å². The normalized spacial score (nSPS) is 12.7. The van der Waals surface area contributed by atoms with Gasteiger partial charge in [-0.25, -0.2) is 4.79 Å². The number of unbranched alkanes of at least 4 members (excludes halogenated alkanes) is 1. The predicted molar refractivity (Wildman–Crippen MR) is 85.6 cm³/mol. The highest BCUT2D eigenvalue weighted by Crippen LogP contribution is 2.23. The monoisotopic (exact) mass is 371 g/mol. The Morgan fingerprint density at radius 1 is 1.43 bits per heavy atom. The Morgan fingerprint density at radius 2 is 2.10 bits per heavy atom. The van der Waals surface area contributed by atoms with Crippen molar-refractivity contribution < 1.29 is 14.1 Å². The number of benzene rings is 1. The Bertz CT molecular complexity index is 593. The van der Waals surface area contributed by atoms with E-state index in [-0.39, 0.29) is 11.0 Å². The molecule has 4 nitrogen and oxygen atoms in total. The van der Waals surface area contributed by atoms with Crippen molar-refractivity contribution in [3.05, 3.63) is 28.2 Å². The number of hydrogen-bond acceptors (Lipinski definition) is 3. The molecule has 0 aliphatic heterocycles. The third-order valence-electron chi connectivity index (χ3n) is 3.12. The first kappa shape index (κ1) is 17.9. The molecule has 0 radical (unpaired) electrons. The van der Waals surface area contributed by atoms with Crippen LogP contribution in [0.1, 0.15) is 43.5 Å². The second kappa shape index (κ2) is 7.71. The van der Waals surface area contributed by atoms with Crippen LogP contribution in [0.15, 0.2) is 27.6 Å². The third-order valence-corrected chi connectivity index (χ3v) is 5.25. The number of nitriles is 1. The molecular formula is C15H18BrNO3S. The first-order chi connectivity index (χ1) is 9.76. The summed E-state index contributed by atoms with van der Waals surface area (Å²) in [6.45, 7) is 3.77. The quantitative estimate of drug-likeness (QED) is 0.735. The van der Waals surface area contributed by atoms with E-state index in [0.717, 1.165) is 19.3 Å². The Hall–Kier alpha value is -1.19. The van der Waals surface area contributed by atoms with Gasteiger partial charge < -0.3 is 5.11 Å². The fourth-order valence-electron chi connectivity index (χ4n) is 1.78. The number of halogens is 1. The van der Waals surface area contributed by atoms with Crippen molar-refractivity contribution >= 4 is 32.7 Å². The molecule has 0 bridgehead atoms. The summed E-state index contributed by atoms with van der Waals surface area (Å²) in [5.41, 5.74) is -0.235. The van der Waals surface area contributed by atoms with E-state index in [0.29, 0.717) is 15.1 Å². The van der Waals surface area contributed by atoms with Crippen molar-refractivity contribution in [2.24, 2.45) is 5.41 Å². The Labute approximate surface area is 135 Å². The number of rotatable bonds is 7. The van der Waals surface area contributed by atoms with Crippen LogP contribution in [0.2, 0.25) is 0 Å². The van der Waals surface area contributed by atoms with Gasteiger partial charge in [0.15, 0.2) is 0 Å². The van der Waals surface area contributed by atoms with Crippen LogP contribution in [0.25, 0.3) is 0 Å². The molecule has 1 N–H and O–H groups in total. The third kappa shape index (κ3) is 5.60. The number of hydrogen-bond donors (Lipinski definition) is 1. The minimum Gasteiger partial charge on any atom is -0.478 e. The average Bonchev–Trinajstić information content (AvgIpc) is 2.43. The molecule has 0 amide bonds. The Balaban J connectivity index is 2.59. The van der Waals surface area contributed by atoms with Gasteiger partial charge in [-0.2, -0.15) is 5.26 Å². The molecular weight excluding hydrogens is 354 g/mol. The highest BCUT2D eigenvalue weighted by atomic mass is 79.9. The lowest BCUT2D eigenvalue weighted by molar-refractivity contribution is 0.0695. The molecule has 6 heteroatoms. The Morgan fingerprint density at radius 3 is 2.67 bits per heavy atom. The lowest BCUT2D eigenvalue weighted by Gasteiger charge is -2.14. The van der Waals surface area contributed by atoms with Crippen LogP contribution in [0.5, 0.6) is 0 Å². The summed E-state index contributed by atoms with van der Waals surface area (Å²) in [5, 5.41) is 18.0. The smallest absolute Gasteiger partial charge is 0.336 e. The zero-order valence-electron chi connectivity index (χ0n) is 12.1. The van der Waals surface area contributed by atoms with Crippen LogP contribution >= 0.6 is 15.9 Å². The minimum atomic E-state index is -1.22. The molecule has 1 rings (SSSR count). The first-order valence-electron chi connectivity index (χ1n) is 6.59. The SMILES string of the molecule is CC(C)(C#N)CCCCS(=O)c1ccc(Br)c(C(=O)O)c1. The zero-order valence-corrected chi connectivity index (χ0v) is 14.5. The second-order valence-corrected chi connectivity index (χ2v) is 7.87. The van der Waals surface area contributed by atoms with Crippen LogP contribution in [0.3, 0.4) is 0 Å². The van der Waals surface area contributed by atoms with Gasteiger partial charge in [-0.3, -0.25) is 4.21 Å². The molecule has 0 aromatic heterocycles. The van der Waals surface area contributed by atoms with Gasteiger partial charge in [0.1, 0.15) is 0 Å². The topological polar surface area (TPSA) is 78.2 Å². The van der Waals surface area contributed by atoms with E-state index in [4.69, 9.17) is 10.4 Å². The Kier molecular flexibility index (Phi) is 6.56. The van der Waals surface area contributed by atoms with Crippen LogP contribution in [0, 0.1) is 16.7 Å². The van der Waals surface area contributed by atoms with Crippen molar-refractivity contribution in [2.45, 2.75) is 38.0 Å². The van der Waals surface area contributed by atoms with Crippen molar-refractivity contribution in [1.82, 2.24) is 0 Å². The summed E-state index contributed by atoms with van der Waals surface area (Å²) in [7, 11) is -1.22. The zero-order chi connectivity index (χ0) is 16.0. The van der Waals surface area contributed by atoms with E-state index in [2.05, 4.69) is 22.0 Å². The van der Waals surface area contributed by atoms with Crippen molar-refractivity contribution in [3.8, 4) is 6.07 Å². The largest absolute Gasteiger partial charge is 0.478 e. The lowest BCUT2D eigenvalue weighted by atomic mass is 9.89. The summed E-state index contributed by atoms with van der Waals surface area (Å²) < 4.78 is 12.6. The summed E-state index contributed by atoms with van der Waals surface area (Å²) in [5.74, 6) is -0.571. The molecule has 0 saturated heterocycles. The van der Waals surface area contributed by atoms with E-state index < -0.39 is 16.8 Å². The molecule has 1 aromatic rings. The van der Waals surface area contributed by atoms with Crippen LogP contribution < -0.4 is 0 Å². The van der Waals surface area contributed by atoms with Gasteiger partial charge in [0.05, 0.1) is 27.8 Å². The molecule has 0 aliphatic carbocycles. The number of carboxylic acid groups (broad SMARTS) is 1. The van der Waals surface area contributed by atoms with Crippen LogP contribution in [0.4, 0.5) is 0 Å². The molecule has 1 atom stereocenters. The van der Waals surface area contributed by atoms with Crippen molar-refractivity contribution in [3.63, 3.8) is 0 Å². The lowest BCUT2D eigenvalue weighted by Crippen LogP contribution is -2.08. The van der Waals surface area contributed by atoms with E-state index in [1.54, 1.807) is 12.1 Å². The van der Waals surface area contributed by atoms with E-state index in [1.807, 2.05) is 13.8 Å². The van der Waals surface area contributed by atoms with E-state index in [1.165, 1.54) is 6.07 Å². The summed E-state index contributed by atoms with van der Waals surface area (Å²) in [6, 6.07) is 6.97. The van der Waals surface area contributed by atoms with Gasteiger partial charge in [-0.05, 0) is 60.8 Å². The molecule has 1 unspecified atom stereocenters. The first-order valence-corrected chi connectivity index (χ1v) is 8.70. The van der Waals surface area contributed by atoms with Crippen LogP contribution in [-0.4, -0.2) is 21.0 Å². The fourth-order valence-corrected chi connectivity index (χ4v) is 3.37. The van der Waals surface area contributed by atoms with E-state index >= 15 is 0 Å². The van der Waals surface area contributed by atoms with E-state index in [9.17, 15) is 9.00 Å².